The molecule has 1 aromatic carbocycles. The minimum Gasteiger partial charge on any atom is -0.350 e. The van der Waals surface area contributed by atoms with Crippen molar-refractivity contribution in [3.8, 4) is 11.3 Å². The molecule has 0 aliphatic heterocycles. The smallest absolute Gasteiger partial charge is 0.0700 e. The van der Waals surface area contributed by atoms with Crippen molar-refractivity contribution < 1.29 is 0 Å². The van der Waals surface area contributed by atoms with Crippen molar-refractivity contribution in [3.63, 3.8) is 0 Å². The average Bonchev–Trinajstić information content (AvgIpc) is 2.83. The zero-order valence-electron chi connectivity index (χ0n) is 10.3. The molecule has 0 fully saturated rings. The molecule has 2 aromatic heterocycles. The van der Waals surface area contributed by atoms with Crippen LogP contribution < -0.4 is 0 Å². The summed E-state index contributed by atoms with van der Waals surface area (Å²) in [5.74, 6) is 0. The molecule has 3 nitrogen and oxygen atoms in total. The van der Waals surface area contributed by atoms with Gasteiger partial charge in [-0.3, -0.25) is 4.68 Å². The van der Waals surface area contributed by atoms with E-state index in [1.165, 1.54) is 22.0 Å². The minimum atomic E-state index is 1.15. The van der Waals surface area contributed by atoms with Gasteiger partial charge >= 0.3 is 0 Å². The highest BCUT2D eigenvalue weighted by Gasteiger charge is 2.11. The van der Waals surface area contributed by atoms with E-state index in [9.17, 15) is 0 Å². The quantitative estimate of drug-likeness (QED) is 0.624. The van der Waals surface area contributed by atoms with Crippen molar-refractivity contribution in [2.75, 3.05) is 0 Å². The number of fused-ring (bicyclic) bond motifs is 1. The summed E-state index contributed by atoms with van der Waals surface area (Å²) in [5.41, 5.74) is 4.94. The normalized spacial score (nSPS) is 11.2. The van der Waals surface area contributed by atoms with Gasteiger partial charge in [0, 0.05) is 43.0 Å². The second kappa shape index (κ2) is 3.48. The maximum atomic E-state index is 4.24. The van der Waals surface area contributed by atoms with Crippen LogP contribution in [0.5, 0.6) is 0 Å². The van der Waals surface area contributed by atoms with Crippen LogP contribution in [0.15, 0.2) is 36.7 Å². The van der Waals surface area contributed by atoms with Crippen LogP contribution >= 0.6 is 0 Å². The summed E-state index contributed by atoms with van der Waals surface area (Å²) >= 11 is 0. The third-order valence-electron chi connectivity index (χ3n) is 3.24. The van der Waals surface area contributed by atoms with Gasteiger partial charge in [0.2, 0.25) is 0 Å². The van der Waals surface area contributed by atoms with Gasteiger partial charge in [-0.1, -0.05) is 11.6 Å². The molecule has 0 bridgehead atoms. The molecule has 0 aliphatic rings. The fourth-order valence-corrected chi connectivity index (χ4v) is 2.35. The molecule has 0 amide bonds. The largest absolute Gasteiger partial charge is 0.350 e. The number of aryl methyl sites for hydroxylation is 3. The average molecular weight is 225 g/mol. The van der Waals surface area contributed by atoms with Crippen molar-refractivity contribution in [3.05, 3.63) is 42.2 Å². The number of aromatic nitrogens is 3. The molecule has 0 radical (unpaired) electrons. The summed E-state index contributed by atoms with van der Waals surface area (Å²) < 4.78 is 4.08. The lowest BCUT2D eigenvalue weighted by Gasteiger charge is -2.00. The van der Waals surface area contributed by atoms with E-state index >= 15 is 0 Å². The fourth-order valence-electron chi connectivity index (χ4n) is 2.35. The van der Waals surface area contributed by atoms with E-state index in [2.05, 4.69) is 54.1 Å². The molecule has 3 rings (SSSR count). The van der Waals surface area contributed by atoms with Gasteiger partial charge in [0.25, 0.3) is 0 Å². The highest BCUT2D eigenvalue weighted by Crippen LogP contribution is 2.30. The van der Waals surface area contributed by atoms with E-state index in [-0.39, 0.29) is 0 Å². The number of nitrogens with zero attached hydrogens (tertiary/aromatic N) is 3. The Bertz CT molecular complexity index is 689. The molecule has 0 atom stereocenters. The van der Waals surface area contributed by atoms with Crippen LogP contribution in [0.1, 0.15) is 5.56 Å². The topological polar surface area (TPSA) is 22.8 Å². The number of rotatable bonds is 1. The fraction of sp³-hybridized carbons (Fsp3) is 0.214. The molecule has 0 unspecified atom stereocenters. The molecule has 0 N–H and O–H groups in total. The van der Waals surface area contributed by atoms with Gasteiger partial charge in [0.15, 0.2) is 0 Å². The van der Waals surface area contributed by atoms with Crippen LogP contribution in [0.3, 0.4) is 0 Å². The molecule has 3 heteroatoms. The number of hydrogen-bond donors (Lipinski definition) is 0. The van der Waals surface area contributed by atoms with Gasteiger partial charge in [-0.15, -0.1) is 0 Å². The van der Waals surface area contributed by atoms with Gasteiger partial charge in [-0.2, -0.15) is 5.10 Å². The third-order valence-corrected chi connectivity index (χ3v) is 3.24. The summed E-state index contributed by atoms with van der Waals surface area (Å²) in [6, 6.07) is 8.61. The maximum Gasteiger partial charge on any atom is 0.0700 e. The molecule has 86 valence electrons. The first-order valence-corrected chi connectivity index (χ1v) is 5.71. The van der Waals surface area contributed by atoms with Crippen LogP contribution in [-0.4, -0.2) is 14.3 Å². The van der Waals surface area contributed by atoms with Crippen LogP contribution in [0.4, 0.5) is 0 Å². The lowest BCUT2D eigenvalue weighted by atomic mass is 10.1. The predicted molar refractivity (Wildman–Crippen MR) is 69.9 cm³/mol. The zero-order valence-corrected chi connectivity index (χ0v) is 10.3. The van der Waals surface area contributed by atoms with Crippen LogP contribution in [0.25, 0.3) is 22.2 Å². The SMILES string of the molecule is Cc1ccc2c(c1)c(-c1ccnn1C)cn2C. The third kappa shape index (κ3) is 1.46. The van der Waals surface area contributed by atoms with E-state index < -0.39 is 0 Å². The van der Waals surface area contributed by atoms with E-state index in [4.69, 9.17) is 0 Å². The minimum absolute atomic E-state index is 1.15. The monoisotopic (exact) mass is 225 g/mol. The van der Waals surface area contributed by atoms with E-state index in [1.54, 1.807) is 0 Å². The highest BCUT2D eigenvalue weighted by molar-refractivity contribution is 5.95. The molecular weight excluding hydrogens is 210 g/mol. The van der Waals surface area contributed by atoms with Crippen molar-refractivity contribution in [2.45, 2.75) is 6.92 Å². The van der Waals surface area contributed by atoms with Gasteiger partial charge < -0.3 is 4.57 Å². The van der Waals surface area contributed by atoms with Crippen LogP contribution in [-0.2, 0) is 14.1 Å². The number of benzene rings is 1. The lowest BCUT2D eigenvalue weighted by molar-refractivity contribution is 0.776. The summed E-state index contributed by atoms with van der Waals surface area (Å²) in [7, 11) is 4.06. The Morgan fingerprint density at radius 2 is 1.94 bits per heavy atom. The summed E-state index contributed by atoms with van der Waals surface area (Å²) in [5, 5.41) is 5.53. The molecule has 0 saturated carbocycles. The Kier molecular flexibility index (Phi) is 2.08. The highest BCUT2D eigenvalue weighted by atomic mass is 15.3. The molecule has 0 saturated heterocycles. The Labute approximate surface area is 100 Å². The Hall–Kier alpha value is -2.03. The molecule has 0 spiro atoms. The van der Waals surface area contributed by atoms with Crippen molar-refractivity contribution in [2.24, 2.45) is 14.1 Å². The van der Waals surface area contributed by atoms with Crippen molar-refractivity contribution in [1.82, 2.24) is 14.3 Å². The number of hydrogen-bond acceptors (Lipinski definition) is 1. The molecule has 3 aromatic rings. The molecule has 0 aliphatic carbocycles. The molecule has 17 heavy (non-hydrogen) atoms. The van der Waals surface area contributed by atoms with E-state index in [1.807, 2.05) is 17.9 Å². The second-order valence-electron chi connectivity index (χ2n) is 4.51. The molecular formula is C14H15N3. The summed E-state index contributed by atoms with van der Waals surface area (Å²) in [4.78, 5) is 0. The first-order valence-electron chi connectivity index (χ1n) is 5.71. The predicted octanol–water partition coefficient (Wildman–Crippen LogP) is 2.89. The Balaban J connectivity index is 2.37. The maximum absolute atomic E-state index is 4.24. The van der Waals surface area contributed by atoms with Crippen LogP contribution in [0.2, 0.25) is 0 Å². The second-order valence-corrected chi connectivity index (χ2v) is 4.51. The first kappa shape index (κ1) is 10.1. The van der Waals surface area contributed by atoms with Gasteiger partial charge in [0.05, 0.1) is 5.69 Å². The van der Waals surface area contributed by atoms with Crippen molar-refractivity contribution >= 4 is 10.9 Å². The first-order chi connectivity index (χ1) is 8.16. The van der Waals surface area contributed by atoms with E-state index in [0.29, 0.717) is 0 Å². The van der Waals surface area contributed by atoms with Gasteiger partial charge in [-0.25, -0.2) is 0 Å². The van der Waals surface area contributed by atoms with E-state index in [0.717, 1.165) is 5.69 Å². The molecule has 2 heterocycles. The Morgan fingerprint density at radius 3 is 2.65 bits per heavy atom. The van der Waals surface area contributed by atoms with Gasteiger partial charge in [-0.05, 0) is 25.1 Å². The van der Waals surface area contributed by atoms with Crippen molar-refractivity contribution in [1.29, 1.82) is 0 Å². The summed E-state index contributed by atoms with van der Waals surface area (Å²) in [6.07, 6.45) is 4.01. The lowest BCUT2D eigenvalue weighted by Crippen LogP contribution is -1.92. The summed E-state index contributed by atoms with van der Waals surface area (Å²) in [6.45, 7) is 2.12. The van der Waals surface area contributed by atoms with Crippen LogP contribution in [0, 0.1) is 6.92 Å². The van der Waals surface area contributed by atoms with Gasteiger partial charge in [0.1, 0.15) is 0 Å². The zero-order chi connectivity index (χ0) is 12.0. The standard InChI is InChI=1S/C14H15N3/c1-10-4-5-13-11(8-10)12(9-16(13)2)14-6-7-15-17(14)3/h4-9H,1-3H3. The Morgan fingerprint density at radius 1 is 1.12 bits per heavy atom.